The number of aromatic nitrogens is 2. The predicted molar refractivity (Wildman–Crippen MR) is 57.2 cm³/mol. The minimum atomic E-state index is -2.50. The highest BCUT2D eigenvalue weighted by atomic mass is 19.3. The second kappa shape index (κ2) is 3.66. The van der Waals surface area contributed by atoms with Crippen molar-refractivity contribution in [2.45, 2.75) is 38.4 Å². The molecule has 0 aromatic carbocycles. The number of alkyl halides is 2. The summed E-state index contributed by atoms with van der Waals surface area (Å²) in [6, 6.07) is 0. The molecule has 0 saturated heterocycles. The van der Waals surface area contributed by atoms with Crippen LogP contribution >= 0.6 is 0 Å². The summed E-state index contributed by atoms with van der Waals surface area (Å²) in [5, 5.41) is 13.1. The van der Waals surface area contributed by atoms with Crippen molar-refractivity contribution in [2.24, 2.45) is 5.92 Å². The van der Waals surface area contributed by atoms with Crippen molar-refractivity contribution in [3.63, 3.8) is 0 Å². The van der Waals surface area contributed by atoms with Crippen molar-refractivity contribution in [2.75, 3.05) is 0 Å². The van der Waals surface area contributed by atoms with Gasteiger partial charge in [-0.15, -0.1) is 0 Å². The van der Waals surface area contributed by atoms with Gasteiger partial charge in [0.2, 0.25) is 5.92 Å². The summed E-state index contributed by atoms with van der Waals surface area (Å²) in [4.78, 5) is 12.0. The van der Waals surface area contributed by atoms with Crippen LogP contribution in [0.5, 0.6) is 0 Å². The van der Waals surface area contributed by atoms with E-state index < -0.39 is 12.0 Å². The van der Waals surface area contributed by atoms with Gasteiger partial charge in [-0.1, -0.05) is 0 Å². The van der Waals surface area contributed by atoms with Crippen LogP contribution in [0.3, 0.4) is 0 Å². The van der Waals surface area contributed by atoms with Gasteiger partial charge in [0.25, 0.3) is 0 Å². The zero-order chi connectivity index (χ0) is 12.9. The summed E-state index contributed by atoms with van der Waals surface area (Å²) in [5.74, 6) is -2.52. The van der Waals surface area contributed by atoms with Gasteiger partial charge in [-0.25, -0.2) is 13.6 Å². The summed E-state index contributed by atoms with van der Waals surface area (Å²) in [6.45, 7) is 1.12. The molecule has 0 unspecified atom stereocenters. The fourth-order valence-electron chi connectivity index (χ4n) is 2.62. The highest BCUT2D eigenvalue weighted by Crippen LogP contribution is 2.43. The molecule has 0 radical (unpaired) electrons. The SMILES string of the molecule is O=C(O)N1Cc2cn(CC3CC(F)(F)C3)nc2C1. The molecule has 1 fully saturated rings. The van der Waals surface area contributed by atoms with Gasteiger partial charge in [0, 0.05) is 31.1 Å². The Morgan fingerprint density at radius 2 is 2.22 bits per heavy atom. The number of carboxylic acid groups (broad SMARTS) is 1. The van der Waals surface area contributed by atoms with Gasteiger partial charge in [-0.3, -0.25) is 9.58 Å². The second-order valence-electron chi connectivity index (χ2n) is 5.09. The number of hydrogen-bond donors (Lipinski definition) is 1. The maximum absolute atomic E-state index is 12.7. The average molecular weight is 257 g/mol. The summed E-state index contributed by atoms with van der Waals surface area (Å²) < 4.78 is 27.1. The monoisotopic (exact) mass is 257 g/mol. The third kappa shape index (κ3) is 1.93. The van der Waals surface area contributed by atoms with Crippen LogP contribution in [0, 0.1) is 5.92 Å². The Balaban J connectivity index is 1.62. The summed E-state index contributed by atoms with van der Waals surface area (Å²) in [7, 11) is 0. The number of rotatable bonds is 2. The lowest BCUT2D eigenvalue weighted by molar-refractivity contribution is -0.114. The second-order valence-corrected chi connectivity index (χ2v) is 5.09. The molecule has 2 heterocycles. The van der Waals surface area contributed by atoms with E-state index in [0.717, 1.165) is 11.3 Å². The smallest absolute Gasteiger partial charge is 0.407 e. The number of fused-ring (bicyclic) bond motifs is 1. The maximum Gasteiger partial charge on any atom is 0.407 e. The van der Waals surface area contributed by atoms with Crippen LogP contribution in [0.15, 0.2) is 6.20 Å². The molecule has 0 atom stereocenters. The molecular formula is C11H13F2N3O2. The number of hydrogen-bond acceptors (Lipinski definition) is 2. The minimum Gasteiger partial charge on any atom is -0.465 e. The summed E-state index contributed by atoms with van der Waals surface area (Å²) in [6.07, 6.45) is 0.671. The molecule has 3 rings (SSSR count). The van der Waals surface area contributed by atoms with Gasteiger partial charge in [-0.2, -0.15) is 5.10 Å². The molecule has 1 aliphatic carbocycles. The predicted octanol–water partition coefficient (Wildman–Crippen LogP) is 1.92. The largest absolute Gasteiger partial charge is 0.465 e. The van der Waals surface area contributed by atoms with Crippen molar-refractivity contribution in [3.05, 3.63) is 17.5 Å². The molecule has 7 heteroatoms. The van der Waals surface area contributed by atoms with Crippen LogP contribution < -0.4 is 0 Å². The van der Waals surface area contributed by atoms with Gasteiger partial charge in [0.05, 0.1) is 18.8 Å². The van der Waals surface area contributed by atoms with Crippen LogP contribution in [0.25, 0.3) is 0 Å². The Morgan fingerprint density at radius 3 is 2.78 bits per heavy atom. The molecule has 0 bridgehead atoms. The third-order valence-electron chi connectivity index (χ3n) is 3.52. The Morgan fingerprint density at radius 1 is 1.50 bits per heavy atom. The first-order valence-corrected chi connectivity index (χ1v) is 5.84. The average Bonchev–Trinajstić information content (AvgIpc) is 2.71. The number of halogens is 2. The van der Waals surface area contributed by atoms with E-state index >= 15 is 0 Å². The van der Waals surface area contributed by atoms with Crippen LogP contribution in [0.2, 0.25) is 0 Å². The first-order valence-electron chi connectivity index (χ1n) is 5.84. The van der Waals surface area contributed by atoms with E-state index in [0.29, 0.717) is 19.6 Å². The number of amides is 1. The van der Waals surface area contributed by atoms with E-state index in [1.54, 1.807) is 10.9 Å². The normalized spacial score (nSPS) is 21.8. The Kier molecular flexibility index (Phi) is 2.33. The van der Waals surface area contributed by atoms with Crippen LogP contribution in [0.4, 0.5) is 13.6 Å². The summed E-state index contributed by atoms with van der Waals surface area (Å²) in [5.41, 5.74) is 1.62. The number of carbonyl (C=O) groups is 1. The molecule has 1 aliphatic heterocycles. The lowest BCUT2D eigenvalue weighted by Gasteiger charge is -2.34. The highest BCUT2D eigenvalue weighted by Gasteiger charge is 2.45. The van der Waals surface area contributed by atoms with Crippen molar-refractivity contribution in [3.8, 4) is 0 Å². The van der Waals surface area contributed by atoms with Crippen LogP contribution in [-0.2, 0) is 19.6 Å². The zero-order valence-corrected chi connectivity index (χ0v) is 9.64. The fraction of sp³-hybridized carbons (Fsp3) is 0.636. The van der Waals surface area contributed by atoms with Gasteiger partial charge in [0.15, 0.2) is 0 Å². The molecular weight excluding hydrogens is 244 g/mol. The van der Waals surface area contributed by atoms with Gasteiger partial charge >= 0.3 is 6.09 Å². The fourth-order valence-corrected chi connectivity index (χ4v) is 2.62. The quantitative estimate of drug-likeness (QED) is 0.880. The van der Waals surface area contributed by atoms with Crippen molar-refractivity contribution in [1.82, 2.24) is 14.7 Å². The maximum atomic E-state index is 12.7. The van der Waals surface area contributed by atoms with E-state index in [4.69, 9.17) is 5.11 Å². The molecule has 1 N–H and O–H groups in total. The molecule has 98 valence electrons. The van der Waals surface area contributed by atoms with Gasteiger partial charge in [0.1, 0.15) is 0 Å². The first-order chi connectivity index (χ1) is 8.43. The number of nitrogens with zero attached hydrogens (tertiary/aromatic N) is 3. The van der Waals surface area contributed by atoms with E-state index in [1.165, 1.54) is 4.90 Å². The lowest BCUT2D eigenvalue weighted by Crippen LogP contribution is -2.37. The molecule has 1 saturated carbocycles. The molecule has 1 aromatic rings. The van der Waals surface area contributed by atoms with Crippen molar-refractivity contribution >= 4 is 6.09 Å². The van der Waals surface area contributed by atoms with Crippen LogP contribution in [0.1, 0.15) is 24.1 Å². The van der Waals surface area contributed by atoms with Crippen molar-refractivity contribution in [1.29, 1.82) is 0 Å². The van der Waals surface area contributed by atoms with E-state index in [-0.39, 0.29) is 18.8 Å². The molecule has 5 nitrogen and oxygen atoms in total. The van der Waals surface area contributed by atoms with Crippen molar-refractivity contribution < 1.29 is 18.7 Å². The highest BCUT2D eigenvalue weighted by molar-refractivity contribution is 5.66. The van der Waals surface area contributed by atoms with E-state index in [1.807, 2.05) is 0 Å². The molecule has 2 aliphatic rings. The zero-order valence-electron chi connectivity index (χ0n) is 9.64. The molecule has 1 aromatic heterocycles. The van der Waals surface area contributed by atoms with E-state index in [2.05, 4.69) is 5.10 Å². The Bertz CT molecular complexity index is 469. The Labute approximate surface area is 102 Å². The minimum absolute atomic E-state index is 0.0180. The Hall–Kier alpha value is -1.66. The molecule has 18 heavy (non-hydrogen) atoms. The molecule has 0 spiro atoms. The van der Waals surface area contributed by atoms with Gasteiger partial charge < -0.3 is 5.11 Å². The first kappa shape index (κ1) is 11.4. The third-order valence-corrected chi connectivity index (χ3v) is 3.52. The van der Waals surface area contributed by atoms with Gasteiger partial charge in [-0.05, 0) is 5.92 Å². The van der Waals surface area contributed by atoms with E-state index in [9.17, 15) is 13.6 Å². The van der Waals surface area contributed by atoms with Crippen LogP contribution in [-0.4, -0.2) is 31.8 Å². The molecule has 1 amide bonds. The topological polar surface area (TPSA) is 58.4 Å². The summed E-state index contributed by atoms with van der Waals surface area (Å²) >= 11 is 0. The standard InChI is InChI=1S/C11H13F2N3O2/c12-11(13)1-7(2-11)3-16-5-8-4-15(10(17)18)6-9(8)14-16/h5,7H,1-4,6H2,(H,17,18). The lowest BCUT2D eigenvalue weighted by atomic mass is 9.81.